The fourth-order valence-corrected chi connectivity index (χ4v) is 4.63. The van der Waals surface area contributed by atoms with Crippen molar-refractivity contribution in [1.29, 1.82) is 0 Å². The highest BCUT2D eigenvalue weighted by atomic mass is 16.5. The van der Waals surface area contributed by atoms with Crippen LogP contribution in [0.1, 0.15) is 36.1 Å². The minimum atomic E-state index is -0.973. The van der Waals surface area contributed by atoms with Gasteiger partial charge in [-0.1, -0.05) is 84.9 Å². The Kier molecular flexibility index (Phi) is 6.78. The molecule has 5 heteroatoms. The van der Waals surface area contributed by atoms with E-state index < -0.39 is 5.54 Å². The summed E-state index contributed by atoms with van der Waals surface area (Å²) in [6, 6.07) is 35.1. The van der Waals surface area contributed by atoms with Gasteiger partial charge in [0.15, 0.2) is 0 Å². The monoisotopic (exact) mass is 490 g/mol. The zero-order chi connectivity index (χ0) is 25.8. The van der Waals surface area contributed by atoms with Gasteiger partial charge < -0.3 is 9.64 Å². The van der Waals surface area contributed by atoms with E-state index in [2.05, 4.69) is 18.2 Å². The molecular weight excluding hydrogens is 460 g/mol. The number of nitrogens with zero attached hydrogens (tertiary/aromatic N) is 2. The van der Waals surface area contributed by atoms with Gasteiger partial charge in [-0.2, -0.15) is 0 Å². The topological polar surface area (TPSA) is 49.9 Å². The van der Waals surface area contributed by atoms with E-state index in [1.54, 1.807) is 29.2 Å². The van der Waals surface area contributed by atoms with E-state index >= 15 is 0 Å². The van der Waals surface area contributed by atoms with Gasteiger partial charge in [-0.15, -0.1) is 0 Å². The Hall–Kier alpha value is -4.38. The van der Waals surface area contributed by atoms with Crippen LogP contribution in [0.3, 0.4) is 0 Å². The zero-order valence-electron chi connectivity index (χ0n) is 21.1. The van der Waals surface area contributed by atoms with Gasteiger partial charge in [0.25, 0.3) is 5.91 Å². The first-order chi connectivity index (χ1) is 17.9. The Morgan fingerprint density at radius 1 is 0.676 bits per heavy atom. The molecule has 0 N–H and O–H groups in total. The van der Waals surface area contributed by atoms with E-state index in [0.717, 1.165) is 23.1 Å². The number of imide groups is 1. The van der Waals surface area contributed by atoms with E-state index in [-0.39, 0.29) is 11.9 Å². The SMILES string of the molecule is CC1(C)C(=O)N(c2ccc(OCc3ccccc3)cc2)C(=O)N1Cc1ccccc1Cc1ccccc1. The largest absolute Gasteiger partial charge is 0.489 e. The summed E-state index contributed by atoms with van der Waals surface area (Å²) in [4.78, 5) is 30.0. The first-order valence-electron chi connectivity index (χ1n) is 12.5. The van der Waals surface area contributed by atoms with Crippen LogP contribution in [0.25, 0.3) is 0 Å². The van der Waals surface area contributed by atoms with Crippen molar-refractivity contribution in [3.05, 3.63) is 131 Å². The molecule has 0 bridgehead atoms. The number of ether oxygens (including phenoxy) is 1. The second kappa shape index (κ2) is 10.3. The zero-order valence-corrected chi connectivity index (χ0v) is 21.1. The first-order valence-corrected chi connectivity index (χ1v) is 12.5. The Labute approximate surface area is 217 Å². The van der Waals surface area contributed by atoms with Crippen LogP contribution in [0.4, 0.5) is 10.5 Å². The van der Waals surface area contributed by atoms with E-state index in [1.165, 1.54) is 10.5 Å². The number of urea groups is 1. The molecule has 1 saturated heterocycles. The van der Waals surface area contributed by atoms with Gasteiger partial charge in [0.1, 0.15) is 17.9 Å². The molecule has 0 aliphatic carbocycles. The summed E-state index contributed by atoms with van der Waals surface area (Å²) in [5.41, 5.74) is 4.01. The molecule has 0 aromatic heterocycles. The standard InChI is InChI=1S/C32H30N2O3/c1-32(2)30(35)34(28-17-19-29(20-18-28)37-23-25-13-7-4-8-14-25)31(36)33(32)22-27-16-10-9-15-26(27)21-24-11-5-3-6-12-24/h3-20H,21-23H2,1-2H3. The number of amides is 3. The van der Waals surface area contributed by atoms with E-state index in [1.807, 2.05) is 80.6 Å². The molecule has 1 aliphatic rings. The maximum atomic E-state index is 13.6. The Balaban J connectivity index is 1.33. The first kappa shape index (κ1) is 24.3. The van der Waals surface area contributed by atoms with E-state index in [9.17, 15) is 9.59 Å². The van der Waals surface area contributed by atoms with Crippen molar-refractivity contribution in [1.82, 2.24) is 4.90 Å². The molecule has 1 fully saturated rings. The molecule has 0 radical (unpaired) electrons. The molecule has 5 nitrogen and oxygen atoms in total. The number of carbonyl (C=O) groups excluding carboxylic acids is 2. The van der Waals surface area contributed by atoms with E-state index in [4.69, 9.17) is 4.74 Å². The third-order valence-electron chi connectivity index (χ3n) is 6.85. The predicted octanol–water partition coefficient (Wildman–Crippen LogP) is 6.60. The van der Waals surface area contributed by atoms with Crippen LogP contribution in [0.5, 0.6) is 5.75 Å². The Bertz CT molecular complexity index is 1380. The summed E-state index contributed by atoms with van der Waals surface area (Å²) >= 11 is 0. The van der Waals surface area contributed by atoms with Crippen LogP contribution in [-0.4, -0.2) is 22.4 Å². The molecule has 1 heterocycles. The van der Waals surface area contributed by atoms with Crippen LogP contribution < -0.4 is 9.64 Å². The lowest BCUT2D eigenvalue weighted by molar-refractivity contribution is -0.123. The van der Waals surface area contributed by atoms with Gasteiger partial charge in [-0.25, -0.2) is 9.69 Å². The molecule has 1 aliphatic heterocycles. The fraction of sp³-hybridized carbons (Fsp3) is 0.188. The van der Waals surface area contributed by atoms with E-state index in [0.29, 0.717) is 24.6 Å². The molecular formula is C32H30N2O3. The lowest BCUT2D eigenvalue weighted by Gasteiger charge is -2.28. The highest BCUT2D eigenvalue weighted by Gasteiger charge is 2.51. The molecule has 37 heavy (non-hydrogen) atoms. The van der Waals surface area contributed by atoms with Crippen LogP contribution in [-0.2, 0) is 24.4 Å². The predicted molar refractivity (Wildman–Crippen MR) is 145 cm³/mol. The van der Waals surface area contributed by atoms with Crippen molar-refractivity contribution < 1.29 is 14.3 Å². The molecule has 0 unspecified atom stereocenters. The quantitative estimate of drug-likeness (QED) is 0.261. The van der Waals surface area contributed by atoms with Crippen molar-refractivity contribution in [3.63, 3.8) is 0 Å². The molecule has 0 spiro atoms. The fourth-order valence-electron chi connectivity index (χ4n) is 4.63. The number of benzene rings is 4. The molecule has 0 atom stereocenters. The maximum Gasteiger partial charge on any atom is 0.332 e. The third-order valence-corrected chi connectivity index (χ3v) is 6.85. The van der Waals surface area contributed by atoms with Crippen molar-refractivity contribution in [3.8, 4) is 5.75 Å². The molecule has 5 rings (SSSR count). The van der Waals surface area contributed by atoms with Crippen LogP contribution >= 0.6 is 0 Å². The summed E-state index contributed by atoms with van der Waals surface area (Å²) in [5.74, 6) is 0.439. The Morgan fingerprint density at radius 3 is 1.89 bits per heavy atom. The number of hydrogen-bond donors (Lipinski definition) is 0. The molecule has 3 amide bonds. The highest BCUT2D eigenvalue weighted by molar-refractivity contribution is 6.22. The van der Waals surface area contributed by atoms with Gasteiger partial charge in [0.05, 0.1) is 5.69 Å². The average molecular weight is 491 g/mol. The van der Waals surface area contributed by atoms with Crippen molar-refractivity contribution in [2.75, 3.05) is 4.90 Å². The summed E-state index contributed by atoms with van der Waals surface area (Å²) in [5, 5.41) is 0. The second-order valence-corrected chi connectivity index (χ2v) is 9.77. The number of rotatable bonds is 8. The van der Waals surface area contributed by atoms with Gasteiger partial charge in [0.2, 0.25) is 0 Å². The van der Waals surface area contributed by atoms with Crippen molar-refractivity contribution in [2.24, 2.45) is 0 Å². The second-order valence-electron chi connectivity index (χ2n) is 9.77. The summed E-state index contributed by atoms with van der Waals surface area (Å²) < 4.78 is 5.87. The molecule has 4 aromatic rings. The Morgan fingerprint density at radius 2 is 1.24 bits per heavy atom. The van der Waals surface area contributed by atoms with Crippen molar-refractivity contribution in [2.45, 2.75) is 39.0 Å². The summed E-state index contributed by atoms with van der Waals surface area (Å²) in [6.45, 7) is 4.43. The van der Waals surface area contributed by atoms with Gasteiger partial charge >= 0.3 is 6.03 Å². The lowest BCUT2D eigenvalue weighted by atomic mass is 9.97. The minimum absolute atomic E-state index is 0.240. The number of hydrogen-bond acceptors (Lipinski definition) is 3. The number of carbonyl (C=O) groups is 2. The van der Waals surface area contributed by atoms with Crippen LogP contribution in [0.2, 0.25) is 0 Å². The van der Waals surface area contributed by atoms with Crippen LogP contribution in [0, 0.1) is 0 Å². The highest BCUT2D eigenvalue weighted by Crippen LogP contribution is 2.34. The number of anilines is 1. The maximum absolute atomic E-state index is 13.6. The third kappa shape index (κ3) is 5.12. The van der Waals surface area contributed by atoms with Gasteiger partial charge in [-0.05, 0) is 66.8 Å². The summed E-state index contributed by atoms with van der Waals surface area (Å²) in [7, 11) is 0. The smallest absolute Gasteiger partial charge is 0.332 e. The normalized spacial score (nSPS) is 14.8. The molecule has 4 aromatic carbocycles. The van der Waals surface area contributed by atoms with Crippen molar-refractivity contribution >= 4 is 17.6 Å². The minimum Gasteiger partial charge on any atom is -0.489 e. The van der Waals surface area contributed by atoms with Crippen LogP contribution in [0.15, 0.2) is 109 Å². The van der Waals surface area contributed by atoms with Gasteiger partial charge in [-0.3, -0.25) is 4.79 Å². The van der Waals surface area contributed by atoms with Gasteiger partial charge in [0, 0.05) is 6.54 Å². The molecule has 186 valence electrons. The molecule has 0 saturated carbocycles. The average Bonchev–Trinajstić information content (AvgIpc) is 3.09. The summed E-state index contributed by atoms with van der Waals surface area (Å²) in [6.07, 6.45) is 0.765. The lowest BCUT2D eigenvalue weighted by Crippen LogP contribution is -2.43.